The van der Waals surface area contributed by atoms with E-state index in [9.17, 15) is 39.9 Å². The fraction of sp³-hybridized carbons (Fsp3) is 0.420. The zero-order valence-electron chi connectivity index (χ0n) is 40.6. The van der Waals surface area contributed by atoms with E-state index in [0.717, 1.165) is 16.7 Å². The molecule has 6 aromatic rings. The molecular weight excluding hydrogens is 965 g/mol. The van der Waals surface area contributed by atoms with Crippen LogP contribution in [0.3, 0.4) is 0 Å². The molecule has 0 aliphatic carbocycles. The lowest BCUT2D eigenvalue weighted by Crippen LogP contribution is -2.46. The van der Waals surface area contributed by atoms with Gasteiger partial charge in [-0.1, -0.05) is 72.8 Å². The number of carbonyl (C=O) groups is 2. The van der Waals surface area contributed by atoms with Crippen molar-refractivity contribution in [1.29, 1.82) is 0 Å². The van der Waals surface area contributed by atoms with Crippen molar-refractivity contribution in [3.63, 3.8) is 0 Å². The summed E-state index contributed by atoms with van der Waals surface area (Å²) in [6.45, 7) is 4.72. The summed E-state index contributed by atoms with van der Waals surface area (Å²) in [5.74, 6) is -0.106. The predicted octanol–water partition coefficient (Wildman–Crippen LogP) is 3.10. The summed E-state index contributed by atoms with van der Waals surface area (Å²) in [5, 5.41) is 60.0. The minimum absolute atomic E-state index is 0.00906. The van der Waals surface area contributed by atoms with Crippen LogP contribution in [0.5, 0.6) is 5.75 Å². The van der Waals surface area contributed by atoms with Crippen LogP contribution in [0.25, 0.3) is 11.2 Å². The molecule has 388 valence electrons. The number of rotatable bonds is 20. The van der Waals surface area contributed by atoms with Crippen molar-refractivity contribution in [3.05, 3.63) is 131 Å². The van der Waals surface area contributed by atoms with Gasteiger partial charge in [-0.15, -0.1) is 11.8 Å². The van der Waals surface area contributed by atoms with Crippen molar-refractivity contribution in [2.45, 2.75) is 98.7 Å². The normalized spacial score (nSPS) is 21.6. The first kappa shape index (κ1) is 52.6. The summed E-state index contributed by atoms with van der Waals surface area (Å²) < 4.78 is 25.9. The first-order chi connectivity index (χ1) is 35.0. The second-order valence-electron chi connectivity index (χ2n) is 18.7. The highest BCUT2D eigenvalue weighted by Crippen LogP contribution is 2.42. The quantitative estimate of drug-likeness (QED) is 0.0402. The van der Waals surface area contributed by atoms with Crippen LogP contribution in [0.4, 0.5) is 16.4 Å². The molecule has 9 N–H and O–H groups in total. The topological polar surface area (TPSA) is 304 Å². The number of amides is 1. The number of ether oxygens (including phenoxy) is 4. The van der Waals surface area contributed by atoms with Crippen LogP contribution in [0.2, 0.25) is 0 Å². The monoisotopic (exact) mass is 1020 g/mol. The Morgan fingerprint density at radius 3 is 2.19 bits per heavy atom. The van der Waals surface area contributed by atoms with Crippen LogP contribution >= 0.6 is 11.8 Å². The van der Waals surface area contributed by atoms with Crippen LogP contribution < -0.4 is 26.8 Å². The lowest BCUT2D eigenvalue weighted by molar-refractivity contribution is -0.139. The van der Waals surface area contributed by atoms with Gasteiger partial charge in [-0.25, -0.2) is 29.3 Å². The van der Waals surface area contributed by atoms with Gasteiger partial charge in [0.1, 0.15) is 71.2 Å². The van der Waals surface area contributed by atoms with Crippen molar-refractivity contribution in [3.8, 4) is 5.75 Å². The summed E-state index contributed by atoms with van der Waals surface area (Å²) in [6.07, 6.45) is -4.78. The van der Waals surface area contributed by atoms with Crippen molar-refractivity contribution in [2.75, 3.05) is 50.2 Å². The number of fused-ring (bicyclic) bond motifs is 1. The van der Waals surface area contributed by atoms with E-state index in [4.69, 9.17) is 24.7 Å². The molecule has 5 heterocycles. The summed E-state index contributed by atoms with van der Waals surface area (Å²) in [7, 11) is 1.58. The van der Waals surface area contributed by atoms with Gasteiger partial charge in [-0.2, -0.15) is 4.98 Å². The molecule has 0 bridgehead atoms. The number of carboxylic acids is 1. The van der Waals surface area contributed by atoms with Crippen LogP contribution in [0, 0.1) is 0 Å². The number of aliphatic hydroxyl groups excluding tert-OH is 4. The molecular formula is C50H60N10O12S. The van der Waals surface area contributed by atoms with Gasteiger partial charge in [0.05, 0.1) is 31.0 Å². The number of hydrogen-bond donors (Lipinski definition) is 8. The van der Waals surface area contributed by atoms with Crippen LogP contribution in [-0.4, -0.2) is 153 Å². The number of nitrogens with two attached hydrogens (primary N) is 1. The van der Waals surface area contributed by atoms with Crippen molar-refractivity contribution in [1.82, 2.24) is 39.3 Å². The number of aromatic nitrogens is 6. The second kappa shape index (κ2) is 22.6. The molecule has 0 saturated carbocycles. The predicted molar refractivity (Wildman–Crippen MR) is 268 cm³/mol. The first-order valence-corrected chi connectivity index (χ1v) is 24.6. The number of hydrogen-bond acceptors (Lipinski definition) is 19. The molecule has 2 saturated heterocycles. The molecule has 3 aromatic heterocycles. The number of methoxy groups -OCH3 is 1. The van der Waals surface area contributed by atoms with E-state index in [2.05, 4.69) is 30.6 Å². The van der Waals surface area contributed by atoms with Gasteiger partial charge in [0.25, 0.3) is 0 Å². The number of carboxylic acid groups (broad SMARTS) is 1. The molecule has 2 fully saturated rings. The first-order valence-electron chi connectivity index (χ1n) is 23.6. The highest BCUT2D eigenvalue weighted by Gasteiger charge is 2.45. The van der Waals surface area contributed by atoms with E-state index in [1.54, 1.807) is 34.1 Å². The number of nitrogens with one attached hydrogen (secondary N) is 2. The fourth-order valence-electron chi connectivity index (χ4n) is 9.03. The van der Waals surface area contributed by atoms with Gasteiger partial charge >= 0.3 is 17.8 Å². The Hall–Kier alpha value is -6.70. The molecule has 1 unspecified atom stereocenters. The number of imidazole rings is 1. The number of nitrogen functional groups attached to an aromatic ring is 1. The van der Waals surface area contributed by atoms with E-state index in [1.807, 2.05) is 89.8 Å². The summed E-state index contributed by atoms with van der Waals surface area (Å²) >= 11 is 1.30. The lowest BCUT2D eigenvalue weighted by atomic mass is 9.77. The van der Waals surface area contributed by atoms with Crippen LogP contribution in [0.1, 0.15) is 62.8 Å². The average molecular weight is 1030 g/mol. The number of nitrogens with zero attached hydrogens (tertiary/aromatic N) is 7. The maximum atomic E-state index is 14.2. The number of aliphatic carboxylic acids is 1. The molecule has 8 atom stereocenters. The van der Waals surface area contributed by atoms with E-state index in [0.29, 0.717) is 10.6 Å². The van der Waals surface area contributed by atoms with E-state index in [-0.39, 0.29) is 61.0 Å². The van der Waals surface area contributed by atoms with E-state index in [1.165, 1.54) is 33.6 Å². The van der Waals surface area contributed by atoms with E-state index >= 15 is 0 Å². The standard InChI is InChI=1S/C50H60N10O12S/c1-49(2,3)72-48(68)55-33(46(65)66)19-20-58(24-35-40(63)41(64)45(71-35)60-28-54-39-42(51)52-27-53-44(39)60)21-22-73-37-25-59(38-23-34(62)36(26-61)70-38)47(67)56-43(37)57-50(29-11-7-5-8-12-29,30-13-9-6-10-14-30)31-15-17-32(69-4)18-16-31/h5-18,25,27-28,33-36,38,40-41,45,61-64H,19-24,26H2,1-4H3,(H,55,68)(H,65,66)(H2,51,52,53)(H,56,57,67)/t33?,34-,35+,36+,38-,40+,41+,45+/m0/s1. The van der Waals surface area contributed by atoms with Crippen LogP contribution in [0.15, 0.2) is 113 Å². The highest BCUT2D eigenvalue weighted by molar-refractivity contribution is 7.99. The SMILES string of the molecule is COc1ccc(C(Nc2nc(=O)n([C@@H]3C[C@H](O)[C@@H](CO)O3)cc2SCCN(CCC(NC(=O)OC(C)(C)C)C(=O)O)C[C@H]2O[C@@H](n3cnc4c(N)ncnc43)[C@H](O)[C@@H]2O)(c2ccccc2)c2ccccc2)cc1. The Labute approximate surface area is 424 Å². The Morgan fingerprint density at radius 1 is 0.904 bits per heavy atom. The maximum absolute atomic E-state index is 14.2. The third-order valence-corrected chi connectivity index (χ3v) is 13.7. The number of thioether (sulfide) groups is 1. The summed E-state index contributed by atoms with van der Waals surface area (Å²) in [6, 6.07) is 25.5. The molecule has 73 heavy (non-hydrogen) atoms. The lowest BCUT2D eigenvalue weighted by Gasteiger charge is -2.38. The molecule has 2 aliphatic rings. The van der Waals surface area contributed by atoms with Crippen LogP contribution in [-0.2, 0) is 24.5 Å². The van der Waals surface area contributed by atoms with Crippen molar-refractivity contribution in [2.24, 2.45) is 0 Å². The fourth-order valence-corrected chi connectivity index (χ4v) is 10.0. The van der Waals surface area contributed by atoms with Gasteiger partial charge in [-0.05, 0) is 56.0 Å². The average Bonchev–Trinajstić information content (AvgIpc) is 4.06. The number of carbonyl (C=O) groups excluding carboxylic acids is 1. The Kier molecular flexibility index (Phi) is 16.3. The molecule has 22 nitrogen and oxygen atoms in total. The van der Waals surface area contributed by atoms with E-state index < -0.39 is 84.5 Å². The Morgan fingerprint density at radius 2 is 1.58 bits per heavy atom. The molecule has 1 amide bonds. The largest absolute Gasteiger partial charge is 0.497 e. The van der Waals surface area contributed by atoms with Gasteiger partial charge in [0.2, 0.25) is 0 Å². The minimum Gasteiger partial charge on any atom is -0.497 e. The van der Waals surface area contributed by atoms with Gasteiger partial charge < -0.3 is 60.8 Å². The third kappa shape index (κ3) is 11.7. The van der Waals surface area contributed by atoms with Crippen molar-refractivity contribution < 1.29 is 54.1 Å². The molecule has 23 heteroatoms. The summed E-state index contributed by atoms with van der Waals surface area (Å²) in [4.78, 5) is 59.1. The molecule has 8 rings (SSSR count). The zero-order valence-corrected chi connectivity index (χ0v) is 41.4. The smallest absolute Gasteiger partial charge is 0.408 e. The molecule has 2 aliphatic heterocycles. The van der Waals surface area contributed by atoms with Gasteiger partial charge in [0.15, 0.2) is 17.7 Å². The number of aliphatic hydroxyl groups is 4. The van der Waals surface area contributed by atoms with Gasteiger partial charge in [0, 0.05) is 38.0 Å². The number of anilines is 2. The molecule has 0 spiro atoms. The van der Waals surface area contributed by atoms with Gasteiger partial charge in [-0.3, -0.25) is 14.0 Å². The van der Waals surface area contributed by atoms with Crippen molar-refractivity contribution >= 4 is 46.6 Å². The third-order valence-electron chi connectivity index (χ3n) is 12.7. The summed E-state index contributed by atoms with van der Waals surface area (Å²) in [5.41, 5.74) is 6.25. The Bertz CT molecular complexity index is 2850. The number of benzene rings is 3. The molecule has 3 aromatic carbocycles. The minimum atomic E-state index is -1.45. The Balaban J connectivity index is 1.14. The molecule has 0 radical (unpaired) electrons. The number of alkyl carbamates (subject to hydrolysis) is 1. The second-order valence-corrected chi connectivity index (χ2v) is 19.8. The maximum Gasteiger partial charge on any atom is 0.408 e. The highest BCUT2D eigenvalue weighted by atomic mass is 32.2. The zero-order chi connectivity index (χ0) is 52.0.